The highest BCUT2D eigenvalue weighted by Gasteiger charge is 2.34. The third-order valence-corrected chi connectivity index (χ3v) is 3.98. The van der Waals surface area contributed by atoms with Crippen molar-refractivity contribution < 1.29 is 4.74 Å². The van der Waals surface area contributed by atoms with Gasteiger partial charge in [0, 0.05) is 15.6 Å². The minimum atomic E-state index is -0.279. The van der Waals surface area contributed by atoms with Crippen molar-refractivity contribution in [2.75, 3.05) is 7.11 Å². The number of nitrogens with two attached hydrogens (primary N) is 1. The Kier molecular flexibility index (Phi) is 3.48. The maximum atomic E-state index is 6.44. The molecule has 0 spiro atoms. The number of hydrogen-bond acceptors (Lipinski definition) is 2. The zero-order valence-electron chi connectivity index (χ0n) is 9.22. The first-order valence-corrected chi connectivity index (χ1v) is 6.56. The maximum Gasteiger partial charge on any atom is 0.142 e. The van der Waals surface area contributed by atoms with E-state index in [9.17, 15) is 0 Å². The van der Waals surface area contributed by atoms with E-state index in [0.29, 0.717) is 10.8 Å². The van der Waals surface area contributed by atoms with Crippen LogP contribution < -0.4 is 10.5 Å². The van der Waals surface area contributed by atoms with Gasteiger partial charge in [-0.15, -0.1) is 0 Å². The summed E-state index contributed by atoms with van der Waals surface area (Å²) in [6.45, 7) is 0. The molecule has 1 fully saturated rings. The molecule has 1 aliphatic carbocycles. The molecule has 2 rings (SSSR count). The second kappa shape index (κ2) is 4.55. The van der Waals surface area contributed by atoms with Gasteiger partial charge in [0.2, 0.25) is 0 Å². The van der Waals surface area contributed by atoms with E-state index in [1.54, 1.807) is 7.11 Å². The molecule has 0 radical (unpaired) electrons. The van der Waals surface area contributed by atoms with E-state index in [2.05, 4.69) is 15.9 Å². The largest absolute Gasteiger partial charge is 0.495 e. The molecule has 16 heavy (non-hydrogen) atoms. The van der Waals surface area contributed by atoms with Gasteiger partial charge in [-0.1, -0.05) is 40.4 Å². The number of rotatable bonds is 2. The highest BCUT2D eigenvalue weighted by atomic mass is 79.9. The lowest BCUT2D eigenvalue weighted by Gasteiger charge is -2.27. The number of halogens is 2. The maximum absolute atomic E-state index is 6.44. The number of methoxy groups -OCH3 is 1. The fraction of sp³-hybridized carbons (Fsp3) is 0.500. The third kappa shape index (κ3) is 2.08. The second-order valence-corrected chi connectivity index (χ2v) is 5.65. The van der Waals surface area contributed by atoms with Gasteiger partial charge in [-0.2, -0.15) is 0 Å². The molecule has 1 aliphatic rings. The number of ether oxygens (including phenoxy) is 1. The lowest BCUT2D eigenvalue weighted by Crippen LogP contribution is -2.33. The molecule has 0 unspecified atom stereocenters. The fourth-order valence-corrected chi connectivity index (χ4v) is 3.30. The first-order chi connectivity index (χ1) is 7.57. The SMILES string of the molecule is COc1c(Cl)cc(Br)cc1C1(N)CCCC1. The summed E-state index contributed by atoms with van der Waals surface area (Å²) in [5, 5.41) is 0.614. The summed E-state index contributed by atoms with van der Waals surface area (Å²) in [5.74, 6) is 0.717. The molecule has 0 amide bonds. The van der Waals surface area contributed by atoms with Crippen LogP contribution in [0.3, 0.4) is 0 Å². The first kappa shape index (κ1) is 12.2. The Morgan fingerprint density at radius 1 is 1.38 bits per heavy atom. The standard InChI is InChI=1S/C12H15BrClNO/c1-16-11-9(6-8(13)7-10(11)14)12(15)4-2-3-5-12/h6-7H,2-5,15H2,1H3. The molecular formula is C12H15BrClNO. The predicted molar refractivity (Wildman–Crippen MR) is 70.0 cm³/mol. The number of hydrogen-bond donors (Lipinski definition) is 1. The molecule has 0 aromatic heterocycles. The summed E-state index contributed by atoms with van der Waals surface area (Å²) >= 11 is 9.62. The summed E-state index contributed by atoms with van der Waals surface area (Å²) in [6, 6.07) is 3.86. The van der Waals surface area contributed by atoms with Gasteiger partial charge in [0.25, 0.3) is 0 Å². The molecule has 0 heterocycles. The molecular weight excluding hydrogens is 289 g/mol. The Hall–Kier alpha value is -0.250. The van der Waals surface area contributed by atoms with Crippen LogP contribution in [0.1, 0.15) is 31.2 Å². The molecule has 4 heteroatoms. The summed E-state index contributed by atoms with van der Waals surface area (Å²) in [7, 11) is 1.64. The monoisotopic (exact) mass is 303 g/mol. The van der Waals surface area contributed by atoms with Gasteiger partial charge in [-0.05, 0) is 25.0 Å². The molecule has 2 N–H and O–H groups in total. The minimum Gasteiger partial charge on any atom is -0.495 e. The smallest absolute Gasteiger partial charge is 0.142 e. The van der Waals surface area contributed by atoms with Crippen molar-refractivity contribution in [3.8, 4) is 5.75 Å². The fourth-order valence-electron chi connectivity index (χ4n) is 2.41. The Bertz CT molecular complexity index is 402. The van der Waals surface area contributed by atoms with E-state index in [4.69, 9.17) is 22.1 Å². The van der Waals surface area contributed by atoms with Crippen LogP contribution in [-0.4, -0.2) is 7.11 Å². The number of benzene rings is 1. The summed E-state index contributed by atoms with van der Waals surface area (Å²) in [6.07, 6.45) is 4.33. The van der Waals surface area contributed by atoms with Gasteiger partial charge < -0.3 is 10.5 Å². The Morgan fingerprint density at radius 2 is 2.00 bits per heavy atom. The average Bonchev–Trinajstić information content (AvgIpc) is 2.65. The van der Waals surface area contributed by atoms with Gasteiger partial charge in [-0.3, -0.25) is 0 Å². The van der Waals surface area contributed by atoms with Crippen LogP contribution in [-0.2, 0) is 5.54 Å². The topological polar surface area (TPSA) is 35.2 Å². The quantitative estimate of drug-likeness (QED) is 0.901. The Labute approximate surface area is 109 Å². The van der Waals surface area contributed by atoms with Crippen molar-refractivity contribution in [1.29, 1.82) is 0 Å². The van der Waals surface area contributed by atoms with Crippen LogP contribution in [0.4, 0.5) is 0 Å². The van der Waals surface area contributed by atoms with Crippen LogP contribution in [0, 0.1) is 0 Å². The van der Waals surface area contributed by atoms with Crippen LogP contribution in [0.2, 0.25) is 5.02 Å². The highest BCUT2D eigenvalue weighted by Crippen LogP contribution is 2.44. The normalized spacial score (nSPS) is 18.8. The minimum absolute atomic E-state index is 0.279. The third-order valence-electron chi connectivity index (χ3n) is 3.24. The van der Waals surface area contributed by atoms with E-state index in [1.165, 1.54) is 12.8 Å². The van der Waals surface area contributed by atoms with Crippen LogP contribution in [0.25, 0.3) is 0 Å². The van der Waals surface area contributed by atoms with E-state index < -0.39 is 0 Å². The molecule has 0 aliphatic heterocycles. The van der Waals surface area contributed by atoms with Crippen molar-refractivity contribution in [2.45, 2.75) is 31.2 Å². The van der Waals surface area contributed by atoms with E-state index in [0.717, 1.165) is 22.9 Å². The van der Waals surface area contributed by atoms with Gasteiger partial charge in [0.15, 0.2) is 0 Å². The average molecular weight is 305 g/mol. The van der Waals surface area contributed by atoms with Crippen LogP contribution >= 0.6 is 27.5 Å². The molecule has 1 saturated carbocycles. The Morgan fingerprint density at radius 3 is 2.56 bits per heavy atom. The molecule has 1 aromatic rings. The van der Waals surface area contributed by atoms with E-state index in [-0.39, 0.29) is 5.54 Å². The summed E-state index contributed by atoms with van der Waals surface area (Å²) in [4.78, 5) is 0. The molecule has 0 bridgehead atoms. The molecule has 88 valence electrons. The molecule has 1 aromatic carbocycles. The van der Waals surface area contributed by atoms with Gasteiger partial charge in [0.1, 0.15) is 5.75 Å². The van der Waals surface area contributed by atoms with Crippen LogP contribution in [0.5, 0.6) is 5.75 Å². The van der Waals surface area contributed by atoms with Crippen molar-refractivity contribution >= 4 is 27.5 Å². The summed E-state index contributed by atoms with van der Waals surface area (Å²) < 4.78 is 6.33. The summed E-state index contributed by atoms with van der Waals surface area (Å²) in [5.41, 5.74) is 7.18. The first-order valence-electron chi connectivity index (χ1n) is 5.39. The van der Waals surface area contributed by atoms with Gasteiger partial charge in [0.05, 0.1) is 12.1 Å². The van der Waals surface area contributed by atoms with Crippen molar-refractivity contribution in [1.82, 2.24) is 0 Å². The van der Waals surface area contributed by atoms with E-state index in [1.807, 2.05) is 12.1 Å². The van der Waals surface area contributed by atoms with E-state index >= 15 is 0 Å². The van der Waals surface area contributed by atoms with Crippen molar-refractivity contribution in [3.05, 3.63) is 27.2 Å². The zero-order chi connectivity index (χ0) is 11.8. The zero-order valence-corrected chi connectivity index (χ0v) is 11.6. The lowest BCUT2D eigenvalue weighted by atomic mass is 9.88. The van der Waals surface area contributed by atoms with Crippen molar-refractivity contribution in [2.24, 2.45) is 5.73 Å². The molecule has 0 atom stereocenters. The Balaban J connectivity index is 2.53. The van der Waals surface area contributed by atoms with Gasteiger partial charge in [-0.25, -0.2) is 0 Å². The highest BCUT2D eigenvalue weighted by molar-refractivity contribution is 9.10. The van der Waals surface area contributed by atoms with Gasteiger partial charge >= 0.3 is 0 Å². The lowest BCUT2D eigenvalue weighted by molar-refractivity contribution is 0.379. The second-order valence-electron chi connectivity index (χ2n) is 4.33. The van der Waals surface area contributed by atoms with Crippen molar-refractivity contribution in [3.63, 3.8) is 0 Å². The predicted octanol–water partition coefficient (Wildman–Crippen LogP) is 3.84. The molecule has 0 saturated heterocycles. The van der Waals surface area contributed by atoms with Crippen LogP contribution in [0.15, 0.2) is 16.6 Å². The molecule has 2 nitrogen and oxygen atoms in total.